The summed E-state index contributed by atoms with van der Waals surface area (Å²) in [6, 6.07) is 9.98. The summed E-state index contributed by atoms with van der Waals surface area (Å²) < 4.78 is 15.5. The minimum Gasteiger partial charge on any atom is -0.482 e. The Labute approximate surface area is 269 Å². The molecule has 1 aliphatic carbocycles. The van der Waals surface area contributed by atoms with Gasteiger partial charge in [-0.25, -0.2) is 9.97 Å². The summed E-state index contributed by atoms with van der Waals surface area (Å²) in [5.74, 6) is 1.07. The molecule has 4 aromatic heterocycles. The fourth-order valence-electron chi connectivity index (χ4n) is 7.44. The zero-order valence-electron chi connectivity index (χ0n) is 27.7. The number of fused-ring (bicyclic) bond motifs is 4. The van der Waals surface area contributed by atoms with Crippen LogP contribution in [-0.2, 0) is 16.1 Å². The van der Waals surface area contributed by atoms with Crippen molar-refractivity contribution in [3.63, 3.8) is 0 Å². The van der Waals surface area contributed by atoms with Crippen molar-refractivity contribution in [1.29, 1.82) is 0 Å². The van der Waals surface area contributed by atoms with E-state index in [0.29, 0.717) is 23.0 Å². The molecular formula is C35H45N7O4. The van der Waals surface area contributed by atoms with E-state index in [0.717, 1.165) is 59.6 Å². The maximum Gasteiger partial charge on any atom is 0.254 e. The van der Waals surface area contributed by atoms with E-state index in [2.05, 4.69) is 22.0 Å². The number of amides is 2. The second kappa shape index (κ2) is 11.4. The summed E-state index contributed by atoms with van der Waals surface area (Å²) in [5.41, 5.74) is 11.4. The van der Waals surface area contributed by atoms with Crippen LogP contribution in [0.1, 0.15) is 87.1 Å². The van der Waals surface area contributed by atoms with Gasteiger partial charge in [-0.1, -0.05) is 0 Å². The van der Waals surface area contributed by atoms with Crippen molar-refractivity contribution in [1.82, 2.24) is 29.2 Å². The summed E-state index contributed by atoms with van der Waals surface area (Å²) in [6.45, 7) is 8.63. The summed E-state index contributed by atoms with van der Waals surface area (Å²) in [4.78, 5) is 38.8. The van der Waals surface area contributed by atoms with Crippen LogP contribution in [0, 0.1) is 12.8 Å². The molecule has 0 radical (unpaired) electrons. The first-order valence-electron chi connectivity index (χ1n) is 16.5. The number of methoxy groups -OCH3 is 2. The Morgan fingerprint density at radius 3 is 2.54 bits per heavy atom. The molecule has 7 rings (SSSR count). The van der Waals surface area contributed by atoms with E-state index in [-0.39, 0.29) is 42.4 Å². The number of carbonyl (C=O) groups is 2. The highest BCUT2D eigenvalue weighted by molar-refractivity contribution is 5.97. The van der Waals surface area contributed by atoms with E-state index >= 15 is 0 Å². The molecule has 6 heterocycles. The van der Waals surface area contributed by atoms with Gasteiger partial charge in [0.1, 0.15) is 17.0 Å². The van der Waals surface area contributed by atoms with Gasteiger partial charge in [-0.15, -0.1) is 0 Å². The second-order valence-corrected chi connectivity index (χ2v) is 14.1. The molecule has 0 spiro atoms. The fourth-order valence-corrected chi connectivity index (χ4v) is 7.44. The molecule has 4 atom stereocenters. The number of nitrogens with one attached hydrogen (secondary N) is 1. The van der Waals surface area contributed by atoms with Crippen LogP contribution in [0.3, 0.4) is 0 Å². The first-order valence-corrected chi connectivity index (χ1v) is 16.5. The predicted molar refractivity (Wildman–Crippen MR) is 176 cm³/mol. The van der Waals surface area contributed by atoms with Crippen molar-refractivity contribution in [3.05, 3.63) is 47.3 Å². The number of ether oxygens (including phenoxy) is 2. The molecule has 2 saturated heterocycles. The Kier molecular flexibility index (Phi) is 7.59. The van der Waals surface area contributed by atoms with Gasteiger partial charge in [0.25, 0.3) is 5.91 Å². The molecule has 2 aliphatic heterocycles. The number of hydrogen-bond donors (Lipinski definition) is 2. The second-order valence-electron chi connectivity index (χ2n) is 14.1. The van der Waals surface area contributed by atoms with E-state index in [1.54, 1.807) is 14.2 Å². The summed E-state index contributed by atoms with van der Waals surface area (Å²) >= 11 is 0. The monoisotopic (exact) mass is 627 g/mol. The molecule has 3 aliphatic rings. The van der Waals surface area contributed by atoms with Crippen LogP contribution in [0.2, 0.25) is 0 Å². The zero-order chi connectivity index (χ0) is 32.5. The van der Waals surface area contributed by atoms with Crippen LogP contribution in [0.5, 0.6) is 5.88 Å². The molecule has 3 N–H and O–H groups in total. The minimum atomic E-state index is -0.543. The lowest BCUT2D eigenvalue weighted by molar-refractivity contribution is -0.126. The molecule has 0 aromatic carbocycles. The third-order valence-corrected chi connectivity index (χ3v) is 10.3. The van der Waals surface area contributed by atoms with Crippen LogP contribution >= 0.6 is 0 Å². The molecule has 0 unspecified atom stereocenters. The van der Waals surface area contributed by atoms with Gasteiger partial charge in [0.2, 0.25) is 5.91 Å². The number of nitrogens with two attached hydrogens (primary N) is 1. The molecule has 11 heteroatoms. The molecule has 244 valence electrons. The highest BCUT2D eigenvalue weighted by Crippen LogP contribution is 2.40. The summed E-state index contributed by atoms with van der Waals surface area (Å²) in [6.07, 6.45) is 5.46. The average molecular weight is 628 g/mol. The normalized spacial score (nSPS) is 21.8. The first-order chi connectivity index (χ1) is 22.0. The Balaban J connectivity index is 1.26. The van der Waals surface area contributed by atoms with Crippen LogP contribution in [0.15, 0.2) is 30.3 Å². The number of aromatic nitrogens is 4. The van der Waals surface area contributed by atoms with E-state index in [1.807, 2.05) is 55.2 Å². The lowest BCUT2D eigenvalue weighted by Gasteiger charge is -2.23. The number of hydrogen-bond acceptors (Lipinski definition) is 7. The van der Waals surface area contributed by atoms with Gasteiger partial charge in [0.05, 0.1) is 42.3 Å². The third kappa shape index (κ3) is 5.33. The third-order valence-electron chi connectivity index (χ3n) is 10.3. The van der Waals surface area contributed by atoms with Crippen molar-refractivity contribution in [2.24, 2.45) is 11.7 Å². The van der Waals surface area contributed by atoms with Crippen LogP contribution in [0.25, 0.3) is 28.1 Å². The van der Waals surface area contributed by atoms with E-state index in [4.69, 9.17) is 25.2 Å². The van der Waals surface area contributed by atoms with Gasteiger partial charge in [-0.3, -0.25) is 14.0 Å². The maximum atomic E-state index is 13.8. The molecule has 46 heavy (non-hydrogen) atoms. The Morgan fingerprint density at radius 1 is 1.11 bits per heavy atom. The van der Waals surface area contributed by atoms with Crippen LogP contribution in [-0.4, -0.2) is 73.6 Å². The van der Waals surface area contributed by atoms with Gasteiger partial charge in [-0.2, -0.15) is 0 Å². The van der Waals surface area contributed by atoms with Crippen LogP contribution < -0.4 is 15.8 Å². The van der Waals surface area contributed by atoms with E-state index in [9.17, 15) is 9.59 Å². The van der Waals surface area contributed by atoms with Gasteiger partial charge in [0.15, 0.2) is 5.88 Å². The number of imidazole rings is 1. The number of aryl methyl sites for hydroxylation is 1. The van der Waals surface area contributed by atoms with Crippen molar-refractivity contribution < 1.29 is 19.1 Å². The number of pyridine rings is 2. The summed E-state index contributed by atoms with van der Waals surface area (Å²) in [5, 5.41) is 4.10. The fraction of sp³-hybridized carbons (Fsp3) is 0.543. The molecule has 1 saturated carbocycles. The van der Waals surface area contributed by atoms with Crippen molar-refractivity contribution >= 4 is 28.5 Å². The van der Waals surface area contributed by atoms with E-state index in [1.165, 1.54) is 12.8 Å². The van der Waals surface area contributed by atoms with Crippen LogP contribution in [0.4, 0.5) is 0 Å². The maximum absolute atomic E-state index is 13.8. The standard InChI is InChI=1S/C35H45N7O4/c1-19(37-30(43)17-35(3,4)46-6)26-11-9-22-13-28(40(33(22)38-26)18-21-7-8-21)32-20(2)41-29(39-32)14-23(15-31(41)45-5)34(44)42-24-10-12-27(42)25(36)16-24/h9,11,13-15,19,21,24-25,27H,7-8,10,12,16-18,36H2,1-6H3,(H,37,43)/t19-,24+,25-,27-/m1/s1. The molecule has 11 nitrogen and oxygen atoms in total. The molecule has 4 aromatic rings. The highest BCUT2D eigenvalue weighted by Gasteiger charge is 2.47. The highest BCUT2D eigenvalue weighted by atomic mass is 16.5. The van der Waals surface area contributed by atoms with Crippen molar-refractivity contribution in [3.8, 4) is 17.3 Å². The van der Waals surface area contributed by atoms with Crippen molar-refractivity contribution in [2.45, 2.75) is 103 Å². The van der Waals surface area contributed by atoms with Gasteiger partial charge in [-0.05, 0) is 90.0 Å². The lowest BCUT2D eigenvalue weighted by atomic mass is 9.97. The van der Waals surface area contributed by atoms with E-state index < -0.39 is 5.60 Å². The predicted octanol–water partition coefficient (Wildman–Crippen LogP) is 4.77. The van der Waals surface area contributed by atoms with Gasteiger partial charge in [0, 0.05) is 48.8 Å². The SMILES string of the molecule is COc1cc(C(=O)N2[C@H]3CC[C@@H]2[C@H](N)C3)cc2nc(-c3cc4ccc([C@@H](C)NC(=O)CC(C)(C)OC)nc4n3CC3CC3)c(C)n12. The quantitative estimate of drug-likeness (QED) is 0.259. The molecule has 3 fully saturated rings. The molecule has 2 bridgehead atoms. The number of rotatable bonds is 10. The first kappa shape index (κ1) is 30.7. The Morgan fingerprint density at radius 2 is 1.89 bits per heavy atom. The Hall–Kier alpha value is -3.96. The minimum absolute atomic E-state index is 0.00461. The largest absolute Gasteiger partial charge is 0.482 e. The average Bonchev–Trinajstić information content (AvgIpc) is 3.34. The smallest absolute Gasteiger partial charge is 0.254 e. The zero-order valence-corrected chi connectivity index (χ0v) is 27.7. The summed E-state index contributed by atoms with van der Waals surface area (Å²) in [7, 11) is 3.24. The van der Waals surface area contributed by atoms with Gasteiger partial charge < -0.3 is 30.0 Å². The molecule has 2 amide bonds. The molecular weight excluding hydrogens is 582 g/mol. The van der Waals surface area contributed by atoms with Gasteiger partial charge >= 0.3 is 0 Å². The number of nitrogens with zero attached hydrogens (tertiary/aromatic N) is 5. The van der Waals surface area contributed by atoms with Crippen molar-refractivity contribution in [2.75, 3.05) is 14.2 Å². The lowest BCUT2D eigenvalue weighted by Crippen LogP contribution is -2.40. The Bertz CT molecular complexity index is 1840. The number of carbonyl (C=O) groups excluding carboxylic acids is 2. The topological polar surface area (TPSA) is 129 Å².